The third-order valence-electron chi connectivity index (χ3n) is 5.77. The first-order valence-electron chi connectivity index (χ1n) is 10.1. The summed E-state index contributed by atoms with van der Waals surface area (Å²) in [6.45, 7) is 0.701. The van der Waals surface area contributed by atoms with Crippen LogP contribution in [0.15, 0.2) is 67.3 Å². The summed E-state index contributed by atoms with van der Waals surface area (Å²) in [4.78, 5) is 14.2. The second-order valence-corrected chi connectivity index (χ2v) is 8.05. The second kappa shape index (κ2) is 7.39. The first-order valence-corrected chi connectivity index (χ1v) is 10.5. The molecule has 0 atom stereocenters. The Morgan fingerprint density at radius 1 is 0.969 bits per heavy atom. The van der Waals surface area contributed by atoms with Gasteiger partial charge in [0.05, 0.1) is 10.5 Å². The third kappa shape index (κ3) is 3.09. The molecule has 6 rings (SSSR count). The fourth-order valence-electron chi connectivity index (χ4n) is 4.23. The van der Waals surface area contributed by atoms with Gasteiger partial charge in [-0.2, -0.15) is 0 Å². The van der Waals surface area contributed by atoms with Crippen LogP contribution in [0.4, 0.5) is 15.9 Å². The fraction of sp³-hybridized carbons (Fsp3) is 0.0833. The number of fused-ring (bicyclic) bond motifs is 2. The first-order chi connectivity index (χ1) is 15.7. The van der Waals surface area contributed by atoms with Crippen LogP contribution in [-0.4, -0.2) is 31.7 Å². The van der Waals surface area contributed by atoms with Crippen LogP contribution in [0.5, 0.6) is 0 Å². The van der Waals surface area contributed by atoms with Crippen molar-refractivity contribution in [3.63, 3.8) is 0 Å². The van der Waals surface area contributed by atoms with Crippen LogP contribution in [0.1, 0.15) is 5.56 Å². The monoisotopic (exact) mass is 442 g/mol. The van der Waals surface area contributed by atoms with Gasteiger partial charge in [-0.1, -0.05) is 35.9 Å². The van der Waals surface area contributed by atoms with Crippen molar-refractivity contribution in [2.75, 3.05) is 11.4 Å². The van der Waals surface area contributed by atoms with Crippen molar-refractivity contribution in [3.05, 3.63) is 83.7 Å². The number of benzene rings is 3. The number of hydrogen-bond acceptors (Lipinski definition) is 5. The van der Waals surface area contributed by atoms with Gasteiger partial charge in [-0.05, 0) is 53.4 Å². The number of anilines is 2. The molecule has 1 aliphatic rings. The molecule has 0 bridgehead atoms. The van der Waals surface area contributed by atoms with Gasteiger partial charge in [-0.3, -0.25) is 0 Å². The molecule has 2 aromatic heterocycles. The van der Waals surface area contributed by atoms with Crippen molar-refractivity contribution in [2.24, 2.45) is 0 Å². The zero-order chi connectivity index (χ0) is 21.7. The summed E-state index contributed by atoms with van der Waals surface area (Å²) < 4.78 is 13.9. The van der Waals surface area contributed by atoms with E-state index in [-0.39, 0.29) is 5.02 Å². The Hall–Kier alpha value is -3.84. The molecule has 0 saturated heterocycles. The van der Waals surface area contributed by atoms with Gasteiger partial charge < -0.3 is 9.88 Å². The number of H-pyrrole nitrogens is 1. The Kier molecular flexibility index (Phi) is 4.36. The standard InChI is InChI=1S/C24H16ClFN6/c25-19-11-22-16(10-20(19)26)6-7-32(22)24-18-9-15(4-5-21(18)27-12-29-24)14-2-1-3-17(8-14)23-28-13-30-31-23/h1-5,8-13H,6-7H2,(H,28,30,31). The first kappa shape index (κ1) is 18.9. The van der Waals surface area contributed by atoms with E-state index in [9.17, 15) is 4.39 Å². The maximum atomic E-state index is 13.9. The van der Waals surface area contributed by atoms with Gasteiger partial charge >= 0.3 is 0 Å². The fourth-order valence-corrected chi connectivity index (χ4v) is 4.39. The van der Waals surface area contributed by atoms with Crippen molar-refractivity contribution in [2.45, 2.75) is 6.42 Å². The molecule has 1 N–H and O–H groups in total. The number of aromatic amines is 1. The second-order valence-electron chi connectivity index (χ2n) is 7.64. The Morgan fingerprint density at radius 3 is 2.72 bits per heavy atom. The maximum Gasteiger partial charge on any atom is 0.161 e. The molecule has 3 aromatic carbocycles. The van der Waals surface area contributed by atoms with Gasteiger partial charge in [0, 0.05) is 23.2 Å². The number of rotatable bonds is 3. The SMILES string of the molecule is Fc1cc2c(cc1Cl)N(c1ncnc3ccc(-c4cccc(-c5nnc[nH]5)c4)cc13)CC2. The predicted molar refractivity (Wildman–Crippen MR) is 122 cm³/mol. The van der Waals surface area contributed by atoms with Gasteiger partial charge in [0.2, 0.25) is 0 Å². The minimum atomic E-state index is -0.395. The number of halogens is 2. The van der Waals surface area contributed by atoms with E-state index in [1.165, 1.54) is 6.07 Å². The summed E-state index contributed by atoms with van der Waals surface area (Å²) in [5, 5.41) is 9.00. The molecule has 0 unspecified atom stereocenters. The van der Waals surface area contributed by atoms with Crippen LogP contribution in [0.3, 0.4) is 0 Å². The van der Waals surface area contributed by atoms with Crippen molar-refractivity contribution in [3.8, 4) is 22.5 Å². The van der Waals surface area contributed by atoms with Crippen molar-refractivity contribution < 1.29 is 4.39 Å². The number of nitrogens with zero attached hydrogens (tertiary/aromatic N) is 5. The Labute approximate surface area is 187 Å². The molecule has 8 heteroatoms. The molecule has 0 aliphatic carbocycles. The highest BCUT2D eigenvalue weighted by Gasteiger charge is 2.25. The molecule has 0 saturated carbocycles. The lowest BCUT2D eigenvalue weighted by Crippen LogP contribution is -2.15. The van der Waals surface area contributed by atoms with Gasteiger partial charge in [-0.25, -0.2) is 14.4 Å². The maximum absolute atomic E-state index is 13.9. The molecule has 5 aromatic rings. The van der Waals surface area contributed by atoms with E-state index in [2.05, 4.69) is 48.2 Å². The Morgan fingerprint density at radius 2 is 1.84 bits per heavy atom. The summed E-state index contributed by atoms with van der Waals surface area (Å²) in [6.07, 6.45) is 3.85. The van der Waals surface area contributed by atoms with E-state index in [0.29, 0.717) is 6.54 Å². The lowest BCUT2D eigenvalue weighted by molar-refractivity contribution is 0.627. The van der Waals surface area contributed by atoms with E-state index in [4.69, 9.17) is 11.6 Å². The summed E-state index contributed by atoms with van der Waals surface area (Å²) in [5.74, 6) is 1.10. The van der Waals surface area contributed by atoms with E-state index in [1.807, 2.05) is 24.3 Å². The topological polar surface area (TPSA) is 70.6 Å². The Bertz CT molecular complexity index is 1470. The molecule has 0 fully saturated rings. The molecule has 32 heavy (non-hydrogen) atoms. The van der Waals surface area contributed by atoms with E-state index < -0.39 is 5.82 Å². The molecular formula is C24H16ClFN6. The minimum Gasteiger partial charge on any atom is -0.328 e. The van der Waals surface area contributed by atoms with Gasteiger partial charge in [-0.15, -0.1) is 10.2 Å². The number of hydrogen-bond donors (Lipinski definition) is 1. The minimum absolute atomic E-state index is 0.110. The quantitative estimate of drug-likeness (QED) is 0.395. The van der Waals surface area contributed by atoms with Crippen molar-refractivity contribution >= 4 is 34.0 Å². The molecule has 156 valence electrons. The van der Waals surface area contributed by atoms with E-state index in [1.54, 1.807) is 18.7 Å². The lowest BCUT2D eigenvalue weighted by Gasteiger charge is -2.20. The molecule has 1 aliphatic heterocycles. The molecule has 0 amide bonds. The molecular weight excluding hydrogens is 427 g/mol. The molecule has 0 spiro atoms. The van der Waals surface area contributed by atoms with E-state index in [0.717, 1.165) is 56.9 Å². The average molecular weight is 443 g/mol. The van der Waals surface area contributed by atoms with Crippen LogP contribution < -0.4 is 4.90 Å². The zero-order valence-electron chi connectivity index (χ0n) is 16.8. The molecule has 6 nitrogen and oxygen atoms in total. The van der Waals surface area contributed by atoms with Crippen LogP contribution in [0.25, 0.3) is 33.4 Å². The van der Waals surface area contributed by atoms with Crippen molar-refractivity contribution in [1.29, 1.82) is 0 Å². The summed E-state index contributed by atoms with van der Waals surface area (Å²) in [5.41, 5.74) is 5.68. The highest BCUT2D eigenvalue weighted by atomic mass is 35.5. The van der Waals surface area contributed by atoms with Gasteiger partial charge in [0.1, 0.15) is 24.3 Å². The molecule has 0 radical (unpaired) electrons. The molecule has 3 heterocycles. The lowest BCUT2D eigenvalue weighted by atomic mass is 10.0. The summed E-state index contributed by atoms with van der Waals surface area (Å²) in [7, 11) is 0. The van der Waals surface area contributed by atoms with Crippen molar-refractivity contribution in [1.82, 2.24) is 25.1 Å². The number of aromatic nitrogens is 5. The van der Waals surface area contributed by atoms with Gasteiger partial charge in [0.15, 0.2) is 5.82 Å². The van der Waals surface area contributed by atoms with Crippen LogP contribution in [0, 0.1) is 5.82 Å². The van der Waals surface area contributed by atoms with E-state index >= 15 is 0 Å². The van der Waals surface area contributed by atoms with Crippen LogP contribution in [0.2, 0.25) is 5.02 Å². The average Bonchev–Trinajstić information content (AvgIpc) is 3.49. The summed E-state index contributed by atoms with van der Waals surface area (Å²) >= 11 is 6.08. The van der Waals surface area contributed by atoms with Crippen LogP contribution >= 0.6 is 11.6 Å². The third-order valence-corrected chi connectivity index (χ3v) is 6.06. The largest absolute Gasteiger partial charge is 0.328 e. The normalized spacial score (nSPS) is 13.0. The Balaban J connectivity index is 1.47. The predicted octanol–water partition coefficient (Wildman–Crippen LogP) is 5.57. The summed E-state index contributed by atoms with van der Waals surface area (Å²) in [6, 6.07) is 17.4. The highest BCUT2D eigenvalue weighted by molar-refractivity contribution is 6.31. The smallest absolute Gasteiger partial charge is 0.161 e. The van der Waals surface area contributed by atoms with Gasteiger partial charge in [0.25, 0.3) is 0 Å². The zero-order valence-corrected chi connectivity index (χ0v) is 17.5. The highest BCUT2D eigenvalue weighted by Crippen LogP contribution is 2.39. The number of nitrogens with one attached hydrogen (secondary N) is 1. The van der Waals surface area contributed by atoms with Crippen LogP contribution in [-0.2, 0) is 6.42 Å².